The number of likely N-dealkylation sites (N-methyl/N-ethyl adjacent to an activating group) is 1. The van der Waals surface area contributed by atoms with Crippen molar-refractivity contribution in [3.63, 3.8) is 0 Å². The molecule has 0 bridgehead atoms. The van der Waals surface area contributed by atoms with Crippen LogP contribution in [-0.2, 0) is 19.4 Å². The van der Waals surface area contributed by atoms with Gasteiger partial charge < -0.3 is 14.1 Å². The predicted molar refractivity (Wildman–Crippen MR) is 123 cm³/mol. The molecule has 1 aliphatic rings. The summed E-state index contributed by atoms with van der Waals surface area (Å²) in [7, 11) is -1.66. The lowest BCUT2D eigenvalue weighted by Crippen LogP contribution is -2.40. The molecule has 9 heteroatoms. The van der Waals surface area contributed by atoms with Gasteiger partial charge in [0.2, 0.25) is 0 Å². The molecule has 8 nitrogen and oxygen atoms in total. The summed E-state index contributed by atoms with van der Waals surface area (Å²) in [6.45, 7) is 1.11. The zero-order valence-corrected chi connectivity index (χ0v) is 19.1. The van der Waals surface area contributed by atoms with Crippen molar-refractivity contribution in [3.05, 3.63) is 69.9 Å². The quantitative estimate of drug-likeness (QED) is 0.528. The van der Waals surface area contributed by atoms with Crippen LogP contribution in [0.25, 0.3) is 22.3 Å². The van der Waals surface area contributed by atoms with Crippen LogP contribution in [0, 0.1) is 6.92 Å². The van der Waals surface area contributed by atoms with Crippen LogP contribution in [0.4, 0.5) is 0 Å². The van der Waals surface area contributed by atoms with Gasteiger partial charge >= 0.3 is 5.97 Å². The summed E-state index contributed by atoms with van der Waals surface area (Å²) < 4.78 is 34.5. The average molecular weight is 470 g/mol. The first kappa shape index (κ1) is 22.7. The number of hydrogen-bond acceptors (Lipinski definition) is 7. The Morgan fingerprint density at radius 3 is 2.52 bits per heavy atom. The minimum atomic E-state index is -3.15. The van der Waals surface area contributed by atoms with Gasteiger partial charge in [0.15, 0.2) is 27.5 Å². The molecule has 3 aromatic rings. The minimum Gasteiger partial charge on any atom is -0.455 e. The molecule has 0 unspecified atom stereocenters. The Hall–Kier alpha value is -3.46. The van der Waals surface area contributed by atoms with E-state index in [0.717, 1.165) is 0 Å². The second kappa shape index (κ2) is 8.82. The molecule has 0 radical (unpaired) electrons. The van der Waals surface area contributed by atoms with Crippen molar-refractivity contribution in [2.45, 2.75) is 19.4 Å². The SMILES string of the molecule is Cc1c(-c2ccccc2)oc2c(C(=O)OCC(=O)N(C)[C@@H]3CCS(=O)(=O)C3)cccc2c1=O. The monoisotopic (exact) mass is 469 g/mol. The smallest absolute Gasteiger partial charge is 0.342 e. The lowest BCUT2D eigenvalue weighted by molar-refractivity contribution is -0.134. The van der Waals surface area contributed by atoms with Gasteiger partial charge in [0.05, 0.1) is 16.9 Å². The Morgan fingerprint density at radius 2 is 1.85 bits per heavy atom. The Morgan fingerprint density at radius 1 is 1.12 bits per heavy atom. The summed E-state index contributed by atoms with van der Waals surface area (Å²) in [5.41, 5.74) is 0.964. The topological polar surface area (TPSA) is 111 Å². The second-order valence-electron chi connectivity index (χ2n) is 8.07. The van der Waals surface area contributed by atoms with Crippen LogP contribution in [0.2, 0.25) is 0 Å². The fourth-order valence-electron chi connectivity index (χ4n) is 3.93. The number of carbonyl (C=O) groups is 2. The number of carbonyl (C=O) groups excluding carboxylic acids is 2. The highest BCUT2D eigenvalue weighted by molar-refractivity contribution is 7.91. The first-order chi connectivity index (χ1) is 15.7. The minimum absolute atomic E-state index is 0.0284. The zero-order valence-electron chi connectivity index (χ0n) is 18.2. The van der Waals surface area contributed by atoms with Gasteiger partial charge in [0.25, 0.3) is 5.91 Å². The van der Waals surface area contributed by atoms with Crippen LogP contribution < -0.4 is 5.43 Å². The molecule has 2 heterocycles. The first-order valence-electron chi connectivity index (χ1n) is 10.4. The van der Waals surface area contributed by atoms with E-state index in [1.807, 2.05) is 18.2 Å². The van der Waals surface area contributed by atoms with Crippen molar-refractivity contribution in [1.82, 2.24) is 4.90 Å². The molecule has 1 fully saturated rings. The fourth-order valence-corrected chi connectivity index (χ4v) is 5.70. The van der Waals surface area contributed by atoms with Gasteiger partial charge in [0, 0.05) is 24.2 Å². The van der Waals surface area contributed by atoms with E-state index in [1.165, 1.54) is 18.0 Å². The van der Waals surface area contributed by atoms with Crippen molar-refractivity contribution in [2.24, 2.45) is 0 Å². The van der Waals surface area contributed by atoms with E-state index in [1.54, 1.807) is 31.2 Å². The predicted octanol–water partition coefficient (Wildman–Crippen LogP) is 2.57. The van der Waals surface area contributed by atoms with Gasteiger partial charge in [-0.05, 0) is 25.5 Å². The number of fused-ring (bicyclic) bond motifs is 1. The molecule has 0 aliphatic carbocycles. The highest BCUT2D eigenvalue weighted by atomic mass is 32.2. The maximum Gasteiger partial charge on any atom is 0.342 e. The number of benzene rings is 2. The standard InChI is InChI=1S/C24H23NO7S/c1-15-21(27)18-9-6-10-19(23(18)32-22(15)16-7-4-3-5-8-16)24(28)31-13-20(26)25(2)17-11-12-33(29,30)14-17/h3-10,17H,11-14H2,1-2H3/t17-/m1/s1. The number of sulfone groups is 1. The third-order valence-corrected chi connectivity index (χ3v) is 7.63. The third-order valence-electron chi connectivity index (χ3n) is 5.88. The number of esters is 1. The molecule has 1 aliphatic heterocycles. The van der Waals surface area contributed by atoms with Gasteiger partial charge in [-0.15, -0.1) is 0 Å². The van der Waals surface area contributed by atoms with Crippen LogP contribution >= 0.6 is 0 Å². The average Bonchev–Trinajstić information content (AvgIpc) is 3.18. The Bertz CT molecular complexity index is 1390. The molecule has 172 valence electrons. The van der Waals surface area contributed by atoms with Gasteiger partial charge in [0.1, 0.15) is 11.3 Å². The molecule has 1 atom stereocenters. The number of rotatable bonds is 5. The van der Waals surface area contributed by atoms with E-state index in [0.29, 0.717) is 23.3 Å². The number of ether oxygens (including phenoxy) is 1. The third kappa shape index (κ3) is 4.54. The summed E-state index contributed by atoms with van der Waals surface area (Å²) in [5.74, 6) is -1.03. The Kier molecular flexibility index (Phi) is 6.07. The van der Waals surface area contributed by atoms with E-state index < -0.39 is 34.4 Å². The number of para-hydroxylation sites is 1. The fraction of sp³-hybridized carbons (Fsp3) is 0.292. The van der Waals surface area contributed by atoms with Gasteiger partial charge in [-0.1, -0.05) is 36.4 Å². The molecule has 1 saturated heterocycles. The lowest BCUT2D eigenvalue weighted by atomic mass is 10.0. The van der Waals surface area contributed by atoms with Gasteiger partial charge in [-0.3, -0.25) is 9.59 Å². The lowest BCUT2D eigenvalue weighted by Gasteiger charge is -2.23. The van der Waals surface area contributed by atoms with Gasteiger partial charge in [-0.2, -0.15) is 0 Å². The number of hydrogen-bond donors (Lipinski definition) is 0. The molecule has 0 N–H and O–H groups in total. The molecule has 1 amide bonds. The van der Waals surface area contributed by atoms with Crippen molar-refractivity contribution in [2.75, 3.05) is 25.2 Å². The molecular formula is C24H23NO7S. The van der Waals surface area contributed by atoms with Crippen LogP contribution in [0.1, 0.15) is 22.3 Å². The summed E-state index contributed by atoms with van der Waals surface area (Å²) in [6, 6.07) is 13.2. The van der Waals surface area contributed by atoms with Gasteiger partial charge in [-0.25, -0.2) is 13.2 Å². The summed E-state index contributed by atoms with van der Waals surface area (Å²) in [5, 5.41) is 0.237. The van der Waals surface area contributed by atoms with Crippen molar-refractivity contribution in [3.8, 4) is 11.3 Å². The maximum atomic E-state index is 12.9. The van der Waals surface area contributed by atoms with Crippen molar-refractivity contribution >= 4 is 32.7 Å². The van der Waals surface area contributed by atoms with Crippen molar-refractivity contribution in [1.29, 1.82) is 0 Å². The zero-order chi connectivity index (χ0) is 23.8. The highest BCUT2D eigenvalue weighted by Crippen LogP contribution is 2.27. The Labute approximate surface area is 190 Å². The Balaban J connectivity index is 1.59. The van der Waals surface area contributed by atoms with E-state index in [-0.39, 0.29) is 33.5 Å². The summed E-state index contributed by atoms with van der Waals surface area (Å²) in [4.78, 5) is 39.5. The van der Waals surface area contributed by atoms with Crippen LogP contribution in [0.5, 0.6) is 0 Å². The largest absolute Gasteiger partial charge is 0.455 e. The highest BCUT2D eigenvalue weighted by Gasteiger charge is 2.33. The van der Waals surface area contributed by atoms with E-state index in [2.05, 4.69) is 0 Å². The van der Waals surface area contributed by atoms with Crippen molar-refractivity contribution < 1.29 is 27.2 Å². The summed E-state index contributed by atoms with van der Waals surface area (Å²) in [6.07, 6.45) is 0.356. The normalized spacial score (nSPS) is 17.1. The molecule has 0 saturated carbocycles. The number of nitrogens with zero attached hydrogens (tertiary/aromatic N) is 1. The van der Waals surface area contributed by atoms with E-state index >= 15 is 0 Å². The number of amides is 1. The summed E-state index contributed by atoms with van der Waals surface area (Å²) >= 11 is 0. The van der Waals surface area contributed by atoms with Crippen LogP contribution in [-0.4, -0.2) is 56.4 Å². The first-order valence-corrected chi connectivity index (χ1v) is 12.2. The molecule has 1 aromatic heterocycles. The maximum absolute atomic E-state index is 12.9. The molecule has 4 rings (SSSR count). The van der Waals surface area contributed by atoms with Crippen LogP contribution in [0.3, 0.4) is 0 Å². The second-order valence-corrected chi connectivity index (χ2v) is 10.3. The van der Waals surface area contributed by atoms with E-state index in [4.69, 9.17) is 9.15 Å². The molecular weight excluding hydrogens is 446 g/mol. The molecule has 33 heavy (non-hydrogen) atoms. The van der Waals surface area contributed by atoms with Crippen LogP contribution in [0.15, 0.2) is 57.7 Å². The molecule has 0 spiro atoms. The molecule has 2 aromatic carbocycles. The van der Waals surface area contributed by atoms with E-state index in [9.17, 15) is 22.8 Å².